The Morgan fingerprint density at radius 3 is 2.59 bits per heavy atom. The fourth-order valence-corrected chi connectivity index (χ4v) is 9.23. The van der Waals surface area contributed by atoms with Crippen molar-refractivity contribution in [1.82, 2.24) is 5.32 Å². The maximum Gasteiger partial charge on any atom is 0.213 e. The molecule has 2 atom stereocenters. The fourth-order valence-electron chi connectivity index (χ4n) is 7.57. The molecule has 4 nitrogen and oxygen atoms in total. The lowest BCUT2D eigenvalue weighted by molar-refractivity contribution is -0.708. The van der Waals surface area contributed by atoms with E-state index < -0.39 is 8.07 Å². The molecule has 1 saturated carbocycles. The van der Waals surface area contributed by atoms with E-state index in [0.717, 1.165) is 35.7 Å². The van der Waals surface area contributed by atoms with Crippen molar-refractivity contribution in [3.8, 4) is 11.3 Å². The first-order chi connectivity index (χ1) is 19.7. The Hall–Kier alpha value is -3.44. The van der Waals surface area contributed by atoms with Gasteiger partial charge in [-0.1, -0.05) is 83.3 Å². The molecule has 6 rings (SSSR count). The van der Waals surface area contributed by atoms with Gasteiger partial charge in [0.25, 0.3) is 0 Å². The molecule has 0 bridgehead atoms. The van der Waals surface area contributed by atoms with Crippen LogP contribution in [0.4, 0.5) is 0 Å². The highest BCUT2D eigenvalue weighted by atomic mass is 28.3. The van der Waals surface area contributed by atoms with Gasteiger partial charge in [-0.25, -0.2) is 4.99 Å². The second-order valence-corrected chi connectivity index (χ2v) is 18.3. The minimum Gasteiger partial charge on any atom is -0.442 e. The van der Waals surface area contributed by atoms with Crippen molar-refractivity contribution < 1.29 is 9.30 Å². The van der Waals surface area contributed by atoms with E-state index in [-0.39, 0.29) is 12.0 Å². The van der Waals surface area contributed by atoms with Crippen molar-refractivity contribution in [2.45, 2.75) is 76.5 Å². The predicted octanol–water partition coefficient (Wildman–Crippen LogP) is 7.39. The van der Waals surface area contributed by atoms with Crippen LogP contribution < -0.4 is 15.1 Å². The highest BCUT2D eigenvalue weighted by molar-refractivity contribution is 6.89. The number of hydrogen-bond acceptors (Lipinski definition) is 3. The second kappa shape index (κ2) is 10.8. The van der Waals surface area contributed by atoms with E-state index in [0.29, 0.717) is 18.2 Å². The molecular weight excluding hydrogens is 519 g/mol. The van der Waals surface area contributed by atoms with Gasteiger partial charge < -0.3 is 10.1 Å². The molecule has 4 aliphatic rings. The van der Waals surface area contributed by atoms with Gasteiger partial charge in [0.2, 0.25) is 11.7 Å². The molecule has 1 aliphatic carbocycles. The van der Waals surface area contributed by atoms with Gasteiger partial charge in [-0.2, -0.15) is 4.57 Å². The molecule has 0 saturated heterocycles. The van der Waals surface area contributed by atoms with Crippen molar-refractivity contribution in [1.29, 1.82) is 0 Å². The Morgan fingerprint density at radius 2 is 1.85 bits per heavy atom. The molecule has 3 aliphatic heterocycles. The van der Waals surface area contributed by atoms with Gasteiger partial charge in [-0.15, -0.1) is 0 Å². The first kappa shape index (κ1) is 27.7. The SMILES string of the molecule is C=CC1=NC(=C)C2C(CCC3=C1C(=C)OC(=C)NC3)c1ccccc1-c1cc(CC3CCCC3)c([Si](C)(C)C)c[n+]12. The van der Waals surface area contributed by atoms with Crippen molar-refractivity contribution in [3.05, 3.63) is 109 Å². The van der Waals surface area contributed by atoms with E-state index in [1.54, 1.807) is 10.8 Å². The van der Waals surface area contributed by atoms with Crippen molar-refractivity contribution in [3.63, 3.8) is 0 Å². The first-order valence-electron chi connectivity index (χ1n) is 15.3. The Bertz CT molecular complexity index is 1520. The number of nitrogens with one attached hydrogen (secondary N) is 1. The van der Waals surface area contributed by atoms with Gasteiger partial charge in [0.15, 0.2) is 12.1 Å². The Morgan fingerprint density at radius 1 is 1.10 bits per heavy atom. The molecule has 2 aromatic rings. The maximum atomic E-state index is 5.92. The number of pyridine rings is 1. The molecule has 1 aromatic heterocycles. The molecule has 5 heteroatoms. The summed E-state index contributed by atoms with van der Waals surface area (Å²) in [5, 5.41) is 4.89. The highest BCUT2D eigenvalue weighted by Crippen LogP contribution is 2.45. The zero-order valence-electron chi connectivity index (χ0n) is 25.1. The van der Waals surface area contributed by atoms with Crippen LogP contribution in [0.3, 0.4) is 0 Å². The third-order valence-corrected chi connectivity index (χ3v) is 11.6. The Balaban J connectivity index is 1.54. The fraction of sp³-hybridized carbons (Fsp3) is 0.389. The van der Waals surface area contributed by atoms with E-state index in [9.17, 15) is 0 Å². The van der Waals surface area contributed by atoms with Crippen LogP contribution >= 0.6 is 0 Å². The normalized spacial score (nSPS) is 23.0. The summed E-state index contributed by atoms with van der Waals surface area (Å²) in [5.74, 6) is 2.13. The summed E-state index contributed by atoms with van der Waals surface area (Å²) in [6.45, 7) is 25.1. The third-order valence-electron chi connectivity index (χ3n) is 9.50. The Kier molecular flexibility index (Phi) is 7.27. The number of allylic oxidation sites excluding steroid dienone is 3. The molecule has 0 radical (unpaired) electrons. The summed E-state index contributed by atoms with van der Waals surface area (Å²) in [4.78, 5) is 5.21. The number of aromatic nitrogens is 1. The molecule has 0 spiro atoms. The van der Waals surface area contributed by atoms with Crippen LogP contribution in [-0.2, 0) is 11.2 Å². The minimum absolute atomic E-state index is 0.0196. The molecule has 0 amide bonds. The smallest absolute Gasteiger partial charge is 0.213 e. The van der Waals surface area contributed by atoms with Gasteiger partial charge in [-0.05, 0) is 60.6 Å². The number of nitrogens with zero attached hydrogens (tertiary/aromatic N) is 2. The van der Waals surface area contributed by atoms with Gasteiger partial charge in [0.1, 0.15) is 11.5 Å². The van der Waals surface area contributed by atoms with E-state index in [4.69, 9.17) is 9.73 Å². The molecule has 1 N–H and O–H groups in total. The highest BCUT2D eigenvalue weighted by Gasteiger charge is 2.44. The van der Waals surface area contributed by atoms with Crippen LogP contribution in [0.15, 0.2) is 102 Å². The second-order valence-electron chi connectivity index (χ2n) is 13.3. The molecule has 1 fully saturated rings. The lowest BCUT2D eigenvalue weighted by Gasteiger charge is -2.32. The molecule has 41 heavy (non-hydrogen) atoms. The maximum absolute atomic E-state index is 5.92. The van der Waals surface area contributed by atoms with Crippen LogP contribution in [0.25, 0.3) is 11.3 Å². The molecular formula is C36H44N3OSi+. The van der Waals surface area contributed by atoms with Crippen LogP contribution in [0.1, 0.15) is 61.6 Å². The number of aliphatic imine (C=N–C) groups is 1. The average Bonchev–Trinajstić information content (AvgIpc) is 3.41. The third kappa shape index (κ3) is 5.10. The Labute approximate surface area is 247 Å². The van der Waals surface area contributed by atoms with E-state index >= 15 is 0 Å². The molecule has 1 aromatic carbocycles. The van der Waals surface area contributed by atoms with Gasteiger partial charge in [-0.3, -0.25) is 0 Å². The lowest BCUT2D eigenvalue weighted by atomic mass is 9.78. The van der Waals surface area contributed by atoms with Crippen LogP contribution in [0.2, 0.25) is 19.6 Å². The topological polar surface area (TPSA) is 37.5 Å². The predicted molar refractivity (Wildman–Crippen MR) is 173 cm³/mol. The summed E-state index contributed by atoms with van der Waals surface area (Å²) >= 11 is 0. The zero-order chi connectivity index (χ0) is 28.9. The zero-order valence-corrected chi connectivity index (χ0v) is 26.1. The molecule has 2 unspecified atom stereocenters. The number of ether oxygens (including phenoxy) is 1. The van der Waals surface area contributed by atoms with E-state index in [1.165, 1.54) is 54.5 Å². The largest absolute Gasteiger partial charge is 0.442 e. The summed E-state index contributed by atoms with van der Waals surface area (Å²) in [6, 6.07) is 11.6. The summed E-state index contributed by atoms with van der Waals surface area (Å²) in [7, 11) is -1.63. The number of hydrogen-bond donors (Lipinski definition) is 1. The number of fused-ring (bicyclic) bond motifs is 6. The quantitative estimate of drug-likeness (QED) is 0.312. The number of benzene rings is 1. The van der Waals surface area contributed by atoms with Crippen molar-refractivity contribution in [2.75, 3.05) is 6.54 Å². The van der Waals surface area contributed by atoms with Crippen LogP contribution in [0.5, 0.6) is 0 Å². The van der Waals surface area contributed by atoms with Gasteiger partial charge in [0, 0.05) is 28.9 Å². The standard InChI is InChI=1S/C36H44N3OSi/c1-8-32-35-24(3)40-25(4)37-21-27(35)17-18-31-29-15-11-12-16-30(29)33-20-28(19-26-13-9-10-14-26)34(41(5,6)7)22-39(33)36(31)23(2)38-32/h8,11-12,15-16,20,22,26,31,36-37H,1-4,9-10,13-14,17-19,21H2,5-7H3/q+1. The van der Waals surface area contributed by atoms with Crippen LogP contribution in [-0.4, -0.2) is 20.3 Å². The van der Waals surface area contributed by atoms with Crippen LogP contribution in [0, 0.1) is 5.92 Å². The van der Waals surface area contributed by atoms with Gasteiger partial charge in [0.05, 0.1) is 19.7 Å². The van der Waals surface area contributed by atoms with Crippen molar-refractivity contribution >= 4 is 19.0 Å². The summed E-state index contributed by atoms with van der Waals surface area (Å²) in [6.07, 6.45) is 12.9. The van der Waals surface area contributed by atoms with Gasteiger partial charge >= 0.3 is 0 Å². The number of rotatable bonds is 4. The monoisotopic (exact) mass is 562 g/mol. The molecule has 4 heterocycles. The summed E-state index contributed by atoms with van der Waals surface area (Å²) < 4.78 is 8.46. The minimum atomic E-state index is -1.63. The van der Waals surface area contributed by atoms with E-state index in [1.807, 2.05) is 6.08 Å². The van der Waals surface area contributed by atoms with Crippen molar-refractivity contribution in [2.24, 2.45) is 10.9 Å². The van der Waals surface area contributed by atoms with E-state index in [2.05, 4.69) is 92.4 Å². The summed E-state index contributed by atoms with van der Waals surface area (Å²) in [5.41, 5.74) is 9.39. The molecule has 212 valence electrons. The lowest BCUT2D eigenvalue weighted by Crippen LogP contribution is -2.54. The first-order valence-corrected chi connectivity index (χ1v) is 18.8. The average molecular weight is 563 g/mol.